The van der Waals surface area contributed by atoms with Crippen LogP contribution in [0.3, 0.4) is 0 Å². The molecule has 0 aromatic heterocycles. The second-order valence-corrected chi connectivity index (χ2v) is 8.97. The third kappa shape index (κ3) is 2.87. The van der Waals surface area contributed by atoms with Gasteiger partial charge in [0.2, 0.25) is 0 Å². The maximum absolute atomic E-state index is 11.9. The Balaban J connectivity index is 2.39. The van der Waals surface area contributed by atoms with Crippen LogP contribution in [-0.2, 0) is 16.4 Å². The predicted molar refractivity (Wildman–Crippen MR) is 84.4 cm³/mol. The lowest BCUT2D eigenvalue weighted by molar-refractivity contribution is 0.218. The van der Waals surface area contributed by atoms with Gasteiger partial charge in [0.15, 0.2) is 9.84 Å². The van der Waals surface area contributed by atoms with Gasteiger partial charge in [-0.3, -0.25) is 0 Å². The first-order chi connectivity index (χ1) is 9.54. The molecule has 1 aromatic rings. The molecule has 1 aliphatic rings. The van der Waals surface area contributed by atoms with Crippen molar-refractivity contribution in [3.05, 3.63) is 29.3 Å². The number of nitrogens with one attached hydrogen (secondary N) is 1. The van der Waals surface area contributed by atoms with Crippen LogP contribution < -0.4 is 5.32 Å². The minimum atomic E-state index is -3.30. The maximum atomic E-state index is 11.9. The van der Waals surface area contributed by atoms with E-state index in [9.17, 15) is 13.2 Å². The molecule has 0 radical (unpaired) electrons. The van der Waals surface area contributed by atoms with Crippen molar-refractivity contribution in [2.24, 2.45) is 0 Å². The number of carbonyl (C=O) groups is 1. The van der Waals surface area contributed by atoms with Crippen LogP contribution in [0.1, 0.15) is 30.4 Å². The lowest BCUT2D eigenvalue weighted by Crippen LogP contribution is -2.37. The Hall–Kier alpha value is -1.27. The average Bonchev–Trinajstić information content (AvgIpc) is 2.37. The molecule has 0 fully saturated rings. The third-order valence-electron chi connectivity index (χ3n) is 3.98. The molecule has 21 heavy (non-hydrogen) atoms. The molecule has 5 nitrogen and oxygen atoms in total. The highest BCUT2D eigenvalue weighted by Crippen LogP contribution is 2.39. The van der Waals surface area contributed by atoms with Crippen LogP contribution in [0.5, 0.6) is 0 Å². The Kier molecular flexibility index (Phi) is 3.97. The van der Waals surface area contributed by atoms with E-state index in [0.717, 1.165) is 16.8 Å². The highest BCUT2D eigenvalue weighted by atomic mass is 35.5. The molecule has 0 saturated heterocycles. The summed E-state index contributed by atoms with van der Waals surface area (Å²) in [6, 6.07) is 5.22. The molecule has 0 bridgehead atoms. The van der Waals surface area contributed by atoms with Gasteiger partial charge in [0.1, 0.15) is 0 Å². The van der Waals surface area contributed by atoms with E-state index in [0.29, 0.717) is 6.54 Å². The fourth-order valence-electron chi connectivity index (χ4n) is 2.15. The van der Waals surface area contributed by atoms with Gasteiger partial charge in [0, 0.05) is 25.5 Å². The minimum Gasteiger partial charge on any atom is -0.323 e. The molecule has 1 unspecified atom stereocenters. The van der Waals surface area contributed by atoms with E-state index in [2.05, 4.69) is 5.32 Å². The number of hydrogen-bond donors (Lipinski definition) is 1. The maximum Gasteiger partial charge on any atom is 0.321 e. The zero-order chi connectivity index (χ0) is 16.0. The number of carbonyl (C=O) groups excluding carboxylic acids is 1. The summed E-state index contributed by atoms with van der Waals surface area (Å²) in [6.07, 6.45) is 1.19. The first kappa shape index (κ1) is 16.1. The van der Waals surface area contributed by atoms with E-state index in [4.69, 9.17) is 11.6 Å². The van der Waals surface area contributed by atoms with E-state index in [-0.39, 0.29) is 6.03 Å². The van der Waals surface area contributed by atoms with Crippen molar-refractivity contribution in [2.45, 2.75) is 30.5 Å². The Labute approximate surface area is 130 Å². The van der Waals surface area contributed by atoms with Crippen LogP contribution in [0.25, 0.3) is 0 Å². The largest absolute Gasteiger partial charge is 0.323 e. The lowest BCUT2D eigenvalue weighted by Gasteiger charge is -2.30. The quantitative estimate of drug-likeness (QED) is 0.867. The standard InChI is InChI=1S/C14H19ClN2O3S/c1-14(2,21(4,19)20)12(15)9-5-6-11-10(7-9)8-17(3)13(18)16-11/h5-7,12H,8H2,1-4H3,(H,16,18). The Bertz CT molecular complexity index is 685. The van der Waals surface area contributed by atoms with Crippen molar-refractivity contribution in [3.63, 3.8) is 0 Å². The number of halogens is 1. The van der Waals surface area contributed by atoms with E-state index in [1.807, 2.05) is 6.07 Å². The van der Waals surface area contributed by atoms with Crippen molar-refractivity contribution < 1.29 is 13.2 Å². The van der Waals surface area contributed by atoms with Crippen molar-refractivity contribution >= 4 is 33.2 Å². The van der Waals surface area contributed by atoms with Gasteiger partial charge < -0.3 is 10.2 Å². The van der Waals surface area contributed by atoms with Crippen LogP contribution in [0.15, 0.2) is 18.2 Å². The monoisotopic (exact) mass is 330 g/mol. The van der Waals surface area contributed by atoms with Gasteiger partial charge in [-0.25, -0.2) is 13.2 Å². The number of rotatable bonds is 3. The number of alkyl halides is 1. The molecule has 0 saturated carbocycles. The number of fused-ring (bicyclic) bond motifs is 1. The number of anilines is 1. The highest BCUT2D eigenvalue weighted by molar-refractivity contribution is 7.92. The molecule has 7 heteroatoms. The Morgan fingerprint density at radius 2 is 2.00 bits per heavy atom. The normalized spacial score (nSPS) is 17.2. The number of benzene rings is 1. The molecule has 0 aliphatic carbocycles. The molecule has 2 amide bonds. The second-order valence-electron chi connectivity index (χ2n) is 5.94. The molecule has 2 rings (SSSR count). The summed E-state index contributed by atoms with van der Waals surface area (Å²) >= 11 is 6.41. The van der Waals surface area contributed by atoms with E-state index in [1.54, 1.807) is 37.9 Å². The van der Waals surface area contributed by atoms with Crippen molar-refractivity contribution in [3.8, 4) is 0 Å². The van der Waals surface area contributed by atoms with E-state index < -0.39 is 20.0 Å². The zero-order valence-electron chi connectivity index (χ0n) is 12.5. The van der Waals surface area contributed by atoms with Crippen LogP contribution >= 0.6 is 11.6 Å². The first-order valence-corrected chi connectivity index (χ1v) is 8.85. The summed E-state index contributed by atoms with van der Waals surface area (Å²) in [7, 11) is -1.60. The summed E-state index contributed by atoms with van der Waals surface area (Å²) in [5.41, 5.74) is 2.39. The summed E-state index contributed by atoms with van der Waals surface area (Å²) in [4.78, 5) is 13.1. The summed E-state index contributed by atoms with van der Waals surface area (Å²) < 4.78 is 22.7. The minimum absolute atomic E-state index is 0.158. The molecule has 1 aromatic carbocycles. The van der Waals surface area contributed by atoms with Gasteiger partial charge in [-0.05, 0) is 31.0 Å². The lowest BCUT2D eigenvalue weighted by atomic mass is 9.98. The van der Waals surface area contributed by atoms with Crippen LogP contribution in [-0.4, -0.2) is 37.4 Å². The van der Waals surface area contributed by atoms with E-state index in [1.165, 1.54) is 6.26 Å². The van der Waals surface area contributed by atoms with Gasteiger partial charge in [-0.2, -0.15) is 0 Å². The summed E-state index contributed by atoms with van der Waals surface area (Å²) in [5, 5.41) is 2.10. The molecule has 1 heterocycles. The fourth-order valence-corrected chi connectivity index (χ4v) is 3.28. The van der Waals surface area contributed by atoms with Gasteiger partial charge in [0.25, 0.3) is 0 Å². The number of urea groups is 1. The predicted octanol–water partition coefficient (Wildman–Crippen LogP) is 2.77. The number of amides is 2. The topological polar surface area (TPSA) is 66.5 Å². The highest BCUT2D eigenvalue weighted by Gasteiger charge is 2.39. The second kappa shape index (κ2) is 5.18. The SMILES string of the molecule is CN1Cc2cc(C(Cl)C(C)(C)S(C)(=O)=O)ccc2NC1=O. The summed E-state index contributed by atoms with van der Waals surface area (Å²) in [6.45, 7) is 3.71. The summed E-state index contributed by atoms with van der Waals surface area (Å²) in [5.74, 6) is 0. The smallest absolute Gasteiger partial charge is 0.321 e. The number of sulfone groups is 1. The Morgan fingerprint density at radius 1 is 1.38 bits per heavy atom. The van der Waals surface area contributed by atoms with Crippen molar-refractivity contribution in [1.82, 2.24) is 4.90 Å². The molecular weight excluding hydrogens is 312 g/mol. The molecular formula is C14H19ClN2O3S. The van der Waals surface area contributed by atoms with Gasteiger partial charge in [-0.1, -0.05) is 12.1 Å². The van der Waals surface area contributed by atoms with Crippen molar-refractivity contribution in [2.75, 3.05) is 18.6 Å². The van der Waals surface area contributed by atoms with E-state index >= 15 is 0 Å². The van der Waals surface area contributed by atoms with Crippen molar-refractivity contribution in [1.29, 1.82) is 0 Å². The molecule has 0 spiro atoms. The fraction of sp³-hybridized carbons (Fsp3) is 0.500. The third-order valence-corrected chi connectivity index (χ3v) is 7.06. The van der Waals surface area contributed by atoms with Crippen LogP contribution in [0.4, 0.5) is 10.5 Å². The molecule has 1 atom stereocenters. The Morgan fingerprint density at radius 3 is 2.57 bits per heavy atom. The number of nitrogens with zero attached hydrogens (tertiary/aromatic N) is 1. The molecule has 116 valence electrons. The van der Waals surface area contributed by atoms with Crippen LogP contribution in [0, 0.1) is 0 Å². The van der Waals surface area contributed by atoms with Gasteiger partial charge in [-0.15, -0.1) is 11.6 Å². The van der Waals surface area contributed by atoms with Crippen LogP contribution in [0.2, 0.25) is 0 Å². The average molecular weight is 331 g/mol. The zero-order valence-corrected chi connectivity index (χ0v) is 14.0. The van der Waals surface area contributed by atoms with Gasteiger partial charge >= 0.3 is 6.03 Å². The molecule has 1 aliphatic heterocycles. The number of hydrogen-bond acceptors (Lipinski definition) is 3. The molecule has 1 N–H and O–H groups in total. The van der Waals surface area contributed by atoms with Gasteiger partial charge in [0.05, 0.1) is 10.1 Å². The first-order valence-electron chi connectivity index (χ1n) is 6.52.